The van der Waals surface area contributed by atoms with Gasteiger partial charge in [-0.15, -0.1) is 0 Å². The van der Waals surface area contributed by atoms with Crippen molar-refractivity contribution in [3.8, 4) is 0 Å². The van der Waals surface area contributed by atoms with Crippen LogP contribution in [0.4, 0.5) is 5.69 Å². The standard InChI is InChI=1S/C15H22N2O2S/c1-5-15(3,4)17-14(20)16-12-9-7-11(8-10-12)13(18)19-6-2/h7-10H,5-6H2,1-4H3,(H2,16,17,20). The maximum Gasteiger partial charge on any atom is 0.338 e. The van der Waals surface area contributed by atoms with Gasteiger partial charge in [-0.25, -0.2) is 4.79 Å². The Morgan fingerprint density at radius 3 is 2.35 bits per heavy atom. The SMILES string of the molecule is CCOC(=O)c1ccc(NC(=S)NC(C)(C)CC)cc1. The number of carbonyl (C=O) groups excluding carboxylic acids is 1. The summed E-state index contributed by atoms with van der Waals surface area (Å²) in [5.74, 6) is -0.313. The van der Waals surface area contributed by atoms with Crippen molar-refractivity contribution in [1.82, 2.24) is 5.32 Å². The van der Waals surface area contributed by atoms with Crippen LogP contribution in [0.3, 0.4) is 0 Å². The molecule has 0 unspecified atom stereocenters. The van der Waals surface area contributed by atoms with Gasteiger partial charge in [-0.2, -0.15) is 0 Å². The Kier molecular flexibility index (Phi) is 5.95. The van der Waals surface area contributed by atoms with Crippen LogP contribution < -0.4 is 10.6 Å². The molecule has 4 nitrogen and oxygen atoms in total. The Morgan fingerprint density at radius 2 is 1.85 bits per heavy atom. The molecule has 0 saturated heterocycles. The van der Waals surface area contributed by atoms with E-state index in [0.29, 0.717) is 17.3 Å². The van der Waals surface area contributed by atoms with Crippen LogP contribution in [0, 0.1) is 0 Å². The van der Waals surface area contributed by atoms with Crippen molar-refractivity contribution in [2.75, 3.05) is 11.9 Å². The molecule has 0 bridgehead atoms. The summed E-state index contributed by atoms with van der Waals surface area (Å²) in [7, 11) is 0. The fraction of sp³-hybridized carbons (Fsp3) is 0.467. The minimum atomic E-state index is -0.313. The molecule has 1 aromatic carbocycles. The second-order valence-corrected chi connectivity index (χ2v) is 5.52. The number of ether oxygens (including phenoxy) is 1. The van der Waals surface area contributed by atoms with E-state index < -0.39 is 0 Å². The van der Waals surface area contributed by atoms with Crippen LogP contribution in [0.2, 0.25) is 0 Å². The van der Waals surface area contributed by atoms with Crippen molar-refractivity contribution in [2.45, 2.75) is 39.7 Å². The topological polar surface area (TPSA) is 50.4 Å². The Bertz CT molecular complexity index is 469. The second-order valence-electron chi connectivity index (χ2n) is 5.11. The van der Waals surface area contributed by atoms with Crippen LogP contribution in [0.5, 0.6) is 0 Å². The molecular formula is C15H22N2O2S. The van der Waals surface area contributed by atoms with Gasteiger partial charge in [0, 0.05) is 11.2 Å². The summed E-state index contributed by atoms with van der Waals surface area (Å²) < 4.78 is 4.93. The molecular weight excluding hydrogens is 272 g/mol. The number of anilines is 1. The molecule has 0 heterocycles. The number of nitrogens with one attached hydrogen (secondary N) is 2. The van der Waals surface area contributed by atoms with Crippen LogP contribution in [0.1, 0.15) is 44.5 Å². The fourth-order valence-electron chi connectivity index (χ4n) is 1.46. The van der Waals surface area contributed by atoms with Crippen molar-refractivity contribution in [3.05, 3.63) is 29.8 Å². The van der Waals surface area contributed by atoms with Crippen molar-refractivity contribution in [1.29, 1.82) is 0 Å². The van der Waals surface area contributed by atoms with E-state index in [9.17, 15) is 4.79 Å². The lowest BCUT2D eigenvalue weighted by molar-refractivity contribution is 0.0526. The largest absolute Gasteiger partial charge is 0.462 e. The fourth-order valence-corrected chi connectivity index (χ4v) is 1.86. The first kappa shape index (κ1) is 16.4. The first-order chi connectivity index (χ1) is 9.38. The quantitative estimate of drug-likeness (QED) is 0.644. The molecule has 0 aliphatic heterocycles. The highest BCUT2D eigenvalue weighted by Gasteiger charge is 2.15. The van der Waals surface area contributed by atoms with Crippen LogP contribution >= 0.6 is 12.2 Å². The Balaban J connectivity index is 2.62. The van der Waals surface area contributed by atoms with Gasteiger partial charge < -0.3 is 15.4 Å². The van der Waals surface area contributed by atoms with E-state index in [1.165, 1.54) is 0 Å². The minimum absolute atomic E-state index is 0.0467. The van der Waals surface area contributed by atoms with E-state index in [0.717, 1.165) is 12.1 Å². The molecule has 0 fully saturated rings. The summed E-state index contributed by atoms with van der Waals surface area (Å²) in [6.07, 6.45) is 0.969. The number of carbonyl (C=O) groups is 1. The molecule has 2 N–H and O–H groups in total. The number of hydrogen-bond donors (Lipinski definition) is 2. The van der Waals surface area contributed by atoms with E-state index in [1.807, 2.05) is 0 Å². The monoisotopic (exact) mass is 294 g/mol. The molecule has 5 heteroatoms. The summed E-state index contributed by atoms with van der Waals surface area (Å²) in [5.41, 5.74) is 1.32. The first-order valence-corrected chi connectivity index (χ1v) is 7.15. The van der Waals surface area contributed by atoms with Crippen molar-refractivity contribution >= 4 is 29.0 Å². The normalized spacial score (nSPS) is 10.8. The number of hydrogen-bond acceptors (Lipinski definition) is 3. The summed E-state index contributed by atoms with van der Waals surface area (Å²) in [5, 5.41) is 6.91. The lowest BCUT2D eigenvalue weighted by Gasteiger charge is -2.26. The van der Waals surface area contributed by atoms with E-state index in [2.05, 4.69) is 31.4 Å². The van der Waals surface area contributed by atoms with Gasteiger partial charge in [0.05, 0.1) is 12.2 Å². The molecule has 20 heavy (non-hydrogen) atoms. The Morgan fingerprint density at radius 1 is 1.25 bits per heavy atom. The lowest BCUT2D eigenvalue weighted by atomic mass is 10.0. The Labute approximate surface area is 125 Å². The van der Waals surface area contributed by atoms with Gasteiger partial charge in [-0.05, 0) is 63.7 Å². The number of thiocarbonyl (C=S) groups is 1. The van der Waals surface area contributed by atoms with Gasteiger partial charge in [-0.1, -0.05) is 6.92 Å². The first-order valence-electron chi connectivity index (χ1n) is 6.74. The van der Waals surface area contributed by atoms with E-state index in [4.69, 9.17) is 17.0 Å². The maximum absolute atomic E-state index is 11.5. The summed E-state index contributed by atoms with van der Waals surface area (Å²) >= 11 is 5.26. The zero-order chi connectivity index (χ0) is 15.2. The number of benzene rings is 1. The predicted octanol–water partition coefficient (Wildman–Crippen LogP) is 3.34. The zero-order valence-electron chi connectivity index (χ0n) is 12.4. The number of esters is 1. The molecule has 1 aromatic rings. The average Bonchev–Trinajstić information content (AvgIpc) is 2.39. The molecule has 0 aliphatic carbocycles. The third-order valence-corrected chi connectivity index (χ3v) is 3.19. The third kappa shape index (κ3) is 5.17. The molecule has 0 amide bonds. The van der Waals surface area contributed by atoms with Crippen molar-refractivity contribution in [2.24, 2.45) is 0 Å². The van der Waals surface area contributed by atoms with Gasteiger partial charge in [0.25, 0.3) is 0 Å². The highest BCUT2D eigenvalue weighted by atomic mass is 32.1. The van der Waals surface area contributed by atoms with Gasteiger partial charge in [0.15, 0.2) is 5.11 Å². The van der Waals surface area contributed by atoms with Crippen LogP contribution in [0.15, 0.2) is 24.3 Å². The maximum atomic E-state index is 11.5. The molecule has 0 radical (unpaired) electrons. The summed E-state index contributed by atoms with van der Waals surface area (Å²) in [4.78, 5) is 11.5. The summed E-state index contributed by atoms with van der Waals surface area (Å²) in [6, 6.07) is 7.04. The molecule has 0 atom stereocenters. The van der Waals surface area contributed by atoms with Gasteiger partial charge >= 0.3 is 5.97 Å². The molecule has 1 rings (SSSR count). The predicted molar refractivity (Wildman–Crippen MR) is 86.1 cm³/mol. The Hall–Kier alpha value is -1.62. The minimum Gasteiger partial charge on any atom is -0.462 e. The summed E-state index contributed by atoms with van der Waals surface area (Å²) in [6.45, 7) is 8.44. The van der Waals surface area contributed by atoms with E-state index >= 15 is 0 Å². The molecule has 110 valence electrons. The molecule has 0 aliphatic rings. The highest BCUT2D eigenvalue weighted by Crippen LogP contribution is 2.12. The number of rotatable bonds is 5. The van der Waals surface area contributed by atoms with Gasteiger partial charge in [0.2, 0.25) is 0 Å². The molecule has 0 aromatic heterocycles. The zero-order valence-corrected chi connectivity index (χ0v) is 13.3. The van der Waals surface area contributed by atoms with E-state index in [1.54, 1.807) is 31.2 Å². The molecule has 0 spiro atoms. The van der Waals surface area contributed by atoms with Crippen LogP contribution in [-0.4, -0.2) is 23.2 Å². The smallest absolute Gasteiger partial charge is 0.338 e. The highest BCUT2D eigenvalue weighted by molar-refractivity contribution is 7.80. The van der Waals surface area contributed by atoms with Crippen molar-refractivity contribution < 1.29 is 9.53 Å². The van der Waals surface area contributed by atoms with Crippen LogP contribution in [-0.2, 0) is 4.74 Å². The van der Waals surface area contributed by atoms with Gasteiger partial charge in [0.1, 0.15) is 0 Å². The van der Waals surface area contributed by atoms with Gasteiger partial charge in [-0.3, -0.25) is 0 Å². The van der Waals surface area contributed by atoms with Crippen molar-refractivity contribution in [3.63, 3.8) is 0 Å². The lowest BCUT2D eigenvalue weighted by Crippen LogP contribution is -2.44. The second kappa shape index (κ2) is 7.24. The average molecular weight is 294 g/mol. The molecule has 0 saturated carbocycles. The van der Waals surface area contributed by atoms with E-state index in [-0.39, 0.29) is 11.5 Å². The van der Waals surface area contributed by atoms with Crippen LogP contribution in [0.25, 0.3) is 0 Å². The third-order valence-electron chi connectivity index (χ3n) is 2.99.